The van der Waals surface area contributed by atoms with E-state index in [2.05, 4.69) is 4.72 Å². The van der Waals surface area contributed by atoms with Crippen LogP contribution in [0.4, 0.5) is 11.4 Å². The molecule has 7 nitrogen and oxygen atoms in total. The molecule has 0 atom stereocenters. The quantitative estimate of drug-likeness (QED) is 0.643. The average molecular weight is 271 g/mol. The van der Waals surface area contributed by atoms with Crippen LogP contribution in [0.5, 0.6) is 0 Å². The standard InChI is InChI=1S/C10H13N3O4S/c1-11-18(16,17)8-3-4-9(12-5-2-6-12)10(7-8)13(14)15/h3-4,7,11H,2,5-6H2,1H3. The predicted octanol–water partition coefficient (Wildman–Crippen LogP) is 0.713. The van der Waals surface area contributed by atoms with Crippen molar-refractivity contribution in [2.24, 2.45) is 0 Å². The Morgan fingerprint density at radius 2 is 2.06 bits per heavy atom. The Hall–Kier alpha value is -1.67. The molecule has 0 aliphatic carbocycles. The van der Waals surface area contributed by atoms with Gasteiger partial charge in [0.15, 0.2) is 0 Å². The van der Waals surface area contributed by atoms with Crippen molar-refractivity contribution in [1.82, 2.24) is 4.72 Å². The van der Waals surface area contributed by atoms with Crippen LogP contribution < -0.4 is 9.62 Å². The summed E-state index contributed by atoms with van der Waals surface area (Å²) < 4.78 is 25.3. The third-order valence-electron chi connectivity index (χ3n) is 2.92. The molecule has 8 heteroatoms. The number of nitro benzene ring substituents is 1. The molecule has 0 spiro atoms. The Kier molecular flexibility index (Phi) is 3.22. The number of anilines is 1. The minimum absolute atomic E-state index is 0.0963. The van der Waals surface area contributed by atoms with E-state index in [1.807, 2.05) is 4.90 Å². The summed E-state index contributed by atoms with van der Waals surface area (Å²) in [5, 5.41) is 11.0. The first-order valence-corrected chi connectivity index (χ1v) is 6.91. The summed E-state index contributed by atoms with van der Waals surface area (Å²) in [5.74, 6) is 0. The number of nitrogens with one attached hydrogen (secondary N) is 1. The van der Waals surface area contributed by atoms with Gasteiger partial charge in [0.1, 0.15) is 5.69 Å². The zero-order chi connectivity index (χ0) is 13.3. The van der Waals surface area contributed by atoms with Gasteiger partial charge in [0.2, 0.25) is 10.0 Å². The average Bonchev–Trinajstić information content (AvgIpc) is 2.26. The highest BCUT2D eigenvalue weighted by atomic mass is 32.2. The summed E-state index contributed by atoms with van der Waals surface area (Å²) in [7, 11) is -2.39. The van der Waals surface area contributed by atoms with Crippen molar-refractivity contribution in [2.45, 2.75) is 11.3 Å². The van der Waals surface area contributed by atoms with E-state index >= 15 is 0 Å². The third kappa shape index (κ3) is 2.16. The molecule has 1 fully saturated rings. The van der Waals surface area contributed by atoms with Gasteiger partial charge < -0.3 is 4.90 Å². The van der Waals surface area contributed by atoms with Crippen LogP contribution in [0.2, 0.25) is 0 Å². The minimum Gasteiger partial charge on any atom is -0.366 e. The van der Waals surface area contributed by atoms with Gasteiger partial charge >= 0.3 is 0 Å². The number of sulfonamides is 1. The molecule has 1 aromatic carbocycles. The van der Waals surface area contributed by atoms with E-state index in [9.17, 15) is 18.5 Å². The van der Waals surface area contributed by atoms with Crippen molar-refractivity contribution in [2.75, 3.05) is 25.0 Å². The van der Waals surface area contributed by atoms with Crippen LogP contribution in [0.25, 0.3) is 0 Å². The van der Waals surface area contributed by atoms with Gasteiger partial charge in [-0.05, 0) is 25.6 Å². The number of nitrogens with zero attached hydrogens (tertiary/aromatic N) is 2. The second-order valence-corrected chi connectivity index (χ2v) is 5.84. The molecule has 18 heavy (non-hydrogen) atoms. The molecule has 0 saturated carbocycles. The van der Waals surface area contributed by atoms with Gasteiger partial charge in [0, 0.05) is 19.2 Å². The van der Waals surface area contributed by atoms with Gasteiger partial charge in [-0.3, -0.25) is 10.1 Å². The molecule has 0 amide bonds. The summed E-state index contributed by atoms with van der Waals surface area (Å²) in [6, 6.07) is 3.97. The Labute approximate surface area is 105 Å². The Morgan fingerprint density at radius 1 is 1.39 bits per heavy atom. The smallest absolute Gasteiger partial charge is 0.293 e. The van der Waals surface area contributed by atoms with Crippen LogP contribution in [-0.2, 0) is 10.0 Å². The van der Waals surface area contributed by atoms with E-state index in [0.29, 0.717) is 5.69 Å². The van der Waals surface area contributed by atoms with Crippen molar-refractivity contribution in [3.63, 3.8) is 0 Å². The maximum Gasteiger partial charge on any atom is 0.293 e. The normalized spacial score (nSPS) is 15.3. The maximum atomic E-state index is 11.6. The van der Waals surface area contributed by atoms with Gasteiger partial charge in [-0.25, -0.2) is 13.1 Å². The first-order chi connectivity index (χ1) is 8.45. The van der Waals surface area contributed by atoms with Crippen LogP contribution in [0.1, 0.15) is 6.42 Å². The van der Waals surface area contributed by atoms with Gasteiger partial charge in [-0.2, -0.15) is 0 Å². The molecule has 1 aliphatic heterocycles. The zero-order valence-electron chi connectivity index (χ0n) is 9.79. The van der Waals surface area contributed by atoms with E-state index in [4.69, 9.17) is 0 Å². The number of rotatable bonds is 4. The van der Waals surface area contributed by atoms with Crippen molar-refractivity contribution >= 4 is 21.4 Å². The molecule has 0 unspecified atom stereocenters. The topological polar surface area (TPSA) is 92.6 Å². The molecule has 1 aromatic rings. The Morgan fingerprint density at radius 3 is 2.50 bits per heavy atom. The zero-order valence-corrected chi connectivity index (χ0v) is 10.6. The maximum absolute atomic E-state index is 11.6. The van der Waals surface area contributed by atoms with Gasteiger partial charge in [-0.15, -0.1) is 0 Å². The largest absolute Gasteiger partial charge is 0.366 e. The molecule has 2 rings (SSSR count). The number of hydrogen-bond acceptors (Lipinski definition) is 5. The predicted molar refractivity (Wildman–Crippen MR) is 66.2 cm³/mol. The van der Waals surface area contributed by atoms with E-state index in [-0.39, 0.29) is 10.6 Å². The number of hydrogen-bond donors (Lipinski definition) is 1. The summed E-state index contributed by atoms with van der Waals surface area (Å²) in [5.41, 5.74) is 0.298. The fraction of sp³-hybridized carbons (Fsp3) is 0.400. The summed E-state index contributed by atoms with van der Waals surface area (Å²) >= 11 is 0. The lowest BCUT2D eigenvalue weighted by Gasteiger charge is -2.32. The first-order valence-electron chi connectivity index (χ1n) is 5.42. The molecule has 0 aromatic heterocycles. The molecule has 0 radical (unpaired) electrons. The monoisotopic (exact) mass is 271 g/mol. The number of nitro groups is 1. The van der Waals surface area contributed by atoms with E-state index in [0.717, 1.165) is 25.6 Å². The van der Waals surface area contributed by atoms with Gasteiger partial charge in [0.25, 0.3) is 5.69 Å². The SMILES string of the molecule is CNS(=O)(=O)c1ccc(N2CCC2)c([N+](=O)[O-])c1. The molecule has 1 N–H and O–H groups in total. The highest BCUT2D eigenvalue weighted by Crippen LogP contribution is 2.33. The molecular weight excluding hydrogens is 258 g/mol. The van der Waals surface area contributed by atoms with Crippen LogP contribution in [-0.4, -0.2) is 33.5 Å². The second kappa shape index (κ2) is 4.54. The van der Waals surface area contributed by atoms with Crippen molar-refractivity contribution < 1.29 is 13.3 Å². The second-order valence-electron chi connectivity index (χ2n) is 3.96. The summed E-state index contributed by atoms with van der Waals surface area (Å²) in [4.78, 5) is 12.2. The minimum atomic E-state index is -3.66. The fourth-order valence-electron chi connectivity index (χ4n) is 1.76. The van der Waals surface area contributed by atoms with Crippen LogP contribution in [0.15, 0.2) is 23.1 Å². The Bertz CT molecular complexity index is 581. The molecule has 1 saturated heterocycles. The fourth-order valence-corrected chi connectivity index (χ4v) is 2.51. The van der Waals surface area contributed by atoms with E-state index in [1.54, 1.807) is 0 Å². The lowest BCUT2D eigenvalue weighted by atomic mass is 10.1. The van der Waals surface area contributed by atoms with Gasteiger partial charge in [-0.1, -0.05) is 0 Å². The van der Waals surface area contributed by atoms with Gasteiger partial charge in [0.05, 0.1) is 9.82 Å². The molecular formula is C10H13N3O4S. The number of benzene rings is 1. The Balaban J connectivity index is 2.50. The summed E-state index contributed by atoms with van der Waals surface area (Å²) in [6.45, 7) is 1.53. The molecule has 1 aliphatic rings. The lowest BCUT2D eigenvalue weighted by Crippen LogP contribution is -2.37. The van der Waals surface area contributed by atoms with Crippen molar-refractivity contribution in [3.8, 4) is 0 Å². The highest BCUT2D eigenvalue weighted by Gasteiger charge is 2.26. The molecule has 98 valence electrons. The van der Waals surface area contributed by atoms with Crippen LogP contribution in [0.3, 0.4) is 0 Å². The van der Waals surface area contributed by atoms with E-state index in [1.165, 1.54) is 19.2 Å². The lowest BCUT2D eigenvalue weighted by molar-refractivity contribution is -0.384. The van der Waals surface area contributed by atoms with Crippen molar-refractivity contribution in [3.05, 3.63) is 28.3 Å². The first kappa shape index (κ1) is 12.8. The van der Waals surface area contributed by atoms with E-state index < -0.39 is 14.9 Å². The van der Waals surface area contributed by atoms with Crippen LogP contribution in [0, 0.1) is 10.1 Å². The molecule has 1 heterocycles. The molecule has 0 bridgehead atoms. The summed E-state index contributed by atoms with van der Waals surface area (Å²) in [6.07, 6.45) is 0.994. The highest BCUT2D eigenvalue weighted by molar-refractivity contribution is 7.89. The van der Waals surface area contributed by atoms with Crippen molar-refractivity contribution in [1.29, 1.82) is 0 Å². The van der Waals surface area contributed by atoms with Crippen LogP contribution >= 0.6 is 0 Å². The third-order valence-corrected chi connectivity index (χ3v) is 4.33.